The predicted octanol–water partition coefficient (Wildman–Crippen LogP) is 7.99. The number of aromatic nitrogens is 1. The molecule has 31 heavy (non-hydrogen) atoms. The largest absolute Gasteiger partial charge is 0.354 e. The number of H-pyrrole nitrogens is 1. The molecule has 5 aromatic rings. The maximum absolute atomic E-state index is 3.71. The van der Waals surface area contributed by atoms with Gasteiger partial charge in [-0.2, -0.15) is 0 Å². The lowest BCUT2D eigenvalue weighted by Gasteiger charge is -2.16. The Morgan fingerprint density at radius 2 is 1.32 bits per heavy atom. The third-order valence-corrected chi connectivity index (χ3v) is 5.84. The van der Waals surface area contributed by atoms with Crippen molar-refractivity contribution in [3.05, 3.63) is 138 Å². The van der Waals surface area contributed by atoms with Crippen molar-refractivity contribution in [2.45, 2.75) is 12.8 Å². The molecule has 0 fully saturated rings. The van der Waals surface area contributed by atoms with Crippen LogP contribution >= 0.6 is 0 Å². The third kappa shape index (κ3) is 3.95. The molecule has 0 aliphatic carbocycles. The van der Waals surface area contributed by atoms with E-state index >= 15 is 0 Å². The minimum absolute atomic E-state index is 0.133. The Balaban J connectivity index is 1.73. The molecule has 0 radical (unpaired) electrons. The number of hydrogen-bond acceptors (Lipinski definition) is 0. The van der Waals surface area contributed by atoms with E-state index in [1.54, 1.807) is 0 Å². The summed E-state index contributed by atoms with van der Waals surface area (Å²) < 4.78 is 0. The number of aromatic amines is 1. The van der Waals surface area contributed by atoms with Gasteiger partial charge in [0.1, 0.15) is 0 Å². The SMILES string of the molecule is Cc1ccc(-c2[nH]c3ccccc3c2C(/C=C/c2ccccc2)c2ccccc2)cc1. The maximum Gasteiger partial charge on any atom is 0.0506 e. The van der Waals surface area contributed by atoms with Gasteiger partial charge in [0, 0.05) is 16.8 Å². The molecule has 0 aliphatic heterocycles. The summed E-state index contributed by atoms with van der Waals surface area (Å²) in [5, 5.41) is 1.27. The van der Waals surface area contributed by atoms with Crippen LogP contribution in [0.3, 0.4) is 0 Å². The van der Waals surface area contributed by atoms with Gasteiger partial charge in [-0.3, -0.25) is 0 Å². The van der Waals surface area contributed by atoms with E-state index in [0.29, 0.717) is 0 Å². The Morgan fingerprint density at radius 3 is 2.06 bits per heavy atom. The molecular weight excluding hydrogens is 374 g/mol. The van der Waals surface area contributed by atoms with Crippen LogP contribution in [-0.2, 0) is 0 Å². The first-order valence-corrected chi connectivity index (χ1v) is 10.8. The average Bonchev–Trinajstić information content (AvgIpc) is 3.21. The van der Waals surface area contributed by atoms with Crippen LogP contribution in [0.4, 0.5) is 0 Å². The summed E-state index contributed by atoms with van der Waals surface area (Å²) in [6.07, 6.45) is 4.57. The second-order valence-corrected chi connectivity index (χ2v) is 7.98. The van der Waals surface area contributed by atoms with E-state index in [1.807, 2.05) is 0 Å². The van der Waals surface area contributed by atoms with Crippen LogP contribution in [0.1, 0.15) is 28.2 Å². The van der Waals surface area contributed by atoms with Gasteiger partial charge in [0.05, 0.1) is 5.69 Å². The molecule has 1 unspecified atom stereocenters. The van der Waals surface area contributed by atoms with Crippen LogP contribution in [0.2, 0.25) is 0 Å². The van der Waals surface area contributed by atoms with Crippen LogP contribution < -0.4 is 0 Å². The Labute approximate surface area is 183 Å². The van der Waals surface area contributed by atoms with Crippen LogP contribution in [0.5, 0.6) is 0 Å². The van der Waals surface area contributed by atoms with Crippen LogP contribution in [-0.4, -0.2) is 4.98 Å². The molecule has 1 atom stereocenters. The first kappa shape index (κ1) is 19.1. The highest BCUT2D eigenvalue weighted by molar-refractivity contribution is 5.92. The second-order valence-electron chi connectivity index (χ2n) is 7.98. The van der Waals surface area contributed by atoms with E-state index in [9.17, 15) is 0 Å². The highest BCUT2D eigenvalue weighted by Gasteiger charge is 2.21. The highest BCUT2D eigenvalue weighted by Crippen LogP contribution is 2.39. The van der Waals surface area contributed by atoms with Gasteiger partial charge in [0.25, 0.3) is 0 Å². The number of aryl methyl sites for hydroxylation is 1. The van der Waals surface area contributed by atoms with Crippen LogP contribution in [0.15, 0.2) is 115 Å². The third-order valence-electron chi connectivity index (χ3n) is 5.84. The zero-order chi connectivity index (χ0) is 21.0. The quantitative estimate of drug-likeness (QED) is 0.308. The number of hydrogen-bond donors (Lipinski definition) is 1. The van der Waals surface area contributed by atoms with E-state index in [1.165, 1.54) is 44.4 Å². The molecule has 0 bridgehead atoms. The van der Waals surface area contributed by atoms with Crippen molar-refractivity contribution in [2.24, 2.45) is 0 Å². The van der Waals surface area contributed by atoms with E-state index in [4.69, 9.17) is 0 Å². The second kappa shape index (κ2) is 8.49. The predicted molar refractivity (Wildman–Crippen MR) is 132 cm³/mol. The molecule has 1 heteroatoms. The van der Waals surface area contributed by atoms with Crippen molar-refractivity contribution in [1.82, 2.24) is 4.98 Å². The van der Waals surface area contributed by atoms with Crippen molar-refractivity contribution in [2.75, 3.05) is 0 Å². The molecule has 5 rings (SSSR count). The van der Waals surface area contributed by atoms with Crippen LogP contribution in [0, 0.1) is 6.92 Å². The van der Waals surface area contributed by atoms with E-state index in [-0.39, 0.29) is 5.92 Å². The van der Waals surface area contributed by atoms with Crippen LogP contribution in [0.25, 0.3) is 28.2 Å². The number of para-hydroxylation sites is 1. The maximum atomic E-state index is 3.71. The normalized spacial score (nSPS) is 12.4. The standard InChI is InChI=1S/C30H25N/c1-22-16-19-25(20-17-22)30-29(27-14-8-9-15-28(27)31-30)26(24-12-6-3-7-13-24)21-18-23-10-4-2-5-11-23/h2-21,26,31H,1H3/b21-18+. The zero-order valence-corrected chi connectivity index (χ0v) is 17.6. The number of rotatable bonds is 5. The number of fused-ring (bicyclic) bond motifs is 1. The lowest BCUT2D eigenvalue weighted by molar-refractivity contribution is 1.05. The summed E-state index contributed by atoms with van der Waals surface area (Å²) in [6.45, 7) is 2.13. The number of nitrogens with one attached hydrogen (secondary N) is 1. The molecular formula is C30H25N. The lowest BCUT2D eigenvalue weighted by Crippen LogP contribution is -1.99. The molecule has 0 saturated heterocycles. The van der Waals surface area contributed by atoms with Crippen molar-refractivity contribution in [3.8, 4) is 11.3 Å². The Bertz CT molecular complexity index is 1310. The molecule has 0 amide bonds. The van der Waals surface area contributed by atoms with Gasteiger partial charge in [0.2, 0.25) is 0 Å². The smallest absolute Gasteiger partial charge is 0.0506 e. The first-order chi connectivity index (χ1) is 15.3. The van der Waals surface area contributed by atoms with Crippen molar-refractivity contribution in [3.63, 3.8) is 0 Å². The minimum Gasteiger partial charge on any atom is -0.354 e. The van der Waals surface area contributed by atoms with E-state index in [0.717, 1.165) is 0 Å². The molecule has 150 valence electrons. The molecule has 1 nitrogen and oxygen atoms in total. The van der Waals surface area contributed by atoms with Gasteiger partial charge in [-0.1, -0.05) is 121 Å². The zero-order valence-electron chi connectivity index (χ0n) is 17.6. The summed E-state index contributed by atoms with van der Waals surface area (Å²) in [5.74, 6) is 0.133. The lowest BCUT2D eigenvalue weighted by atomic mass is 9.87. The van der Waals surface area contributed by atoms with E-state index in [2.05, 4.69) is 133 Å². The van der Waals surface area contributed by atoms with Crippen molar-refractivity contribution in [1.29, 1.82) is 0 Å². The fraction of sp³-hybridized carbons (Fsp3) is 0.0667. The number of allylic oxidation sites excluding steroid dienone is 1. The van der Waals surface area contributed by atoms with Crippen molar-refractivity contribution >= 4 is 17.0 Å². The summed E-state index contributed by atoms with van der Waals surface area (Å²) in [4.78, 5) is 3.71. The molecule has 4 aromatic carbocycles. The van der Waals surface area contributed by atoms with Gasteiger partial charge in [-0.25, -0.2) is 0 Å². The topological polar surface area (TPSA) is 15.8 Å². The van der Waals surface area contributed by atoms with Gasteiger partial charge >= 0.3 is 0 Å². The fourth-order valence-electron chi connectivity index (χ4n) is 4.24. The minimum atomic E-state index is 0.133. The van der Waals surface area contributed by atoms with Gasteiger partial charge < -0.3 is 4.98 Å². The monoisotopic (exact) mass is 399 g/mol. The molecule has 1 N–H and O–H groups in total. The average molecular weight is 400 g/mol. The van der Waals surface area contributed by atoms with Gasteiger partial charge in [-0.05, 0) is 35.2 Å². The Morgan fingerprint density at radius 1 is 0.677 bits per heavy atom. The molecule has 1 aromatic heterocycles. The Kier molecular flexibility index (Phi) is 5.24. The summed E-state index contributed by atoms with van der Waals surface area (Å²) in [7, 11) is 0. The molecule has 0 spiro atoms. The van der Waals surface area contributed by atoms with Gasteiger partial charge in [0.15, 0.2) is 0 Å². The summed E-state index contributed by atoms with van der Waals surface area (Å²) in [6, 6.07) is 38.7. The fourth-order valence-corrected chi connectivity index (χ4v) is 4.24. The van der Waals surface area contributed by atoms with Gasteiger partial charge in [-0.15, -0.1) is 0 Å². The Hall–Kier alpha value is -3.84. The number of benzene rings is 4. The summed E-state index contributed by atoms with van der Waals surface area (Å²) in [5.41, 5.74) is 8.65. The molecule has 0 saturated carbocycles. The highest BCUT2D eigenvalue weighted by atomic mass is 14.7. The molecule has 0 aliphatic rings. The molecule has 1 heterocycles. The summed E-state index contributed by atoms with van der Waals surface area (Å²) >= 11 is 0. The van der Waals surface area contributed by atoms with E-state index < -0.39 is 0 Å². The first-order valence-electron chi connectivity index (χ1n) is 10.8. The van der Waals surface area contributed by atoms with Crippen molar-refractivity contribution < 1.29 is 0 Å².